The highest BCUT2D eigenvalue weighted by Gasteiger charge is 2.27. The van der Waals surface area contributed by atoms with Crippen molar-refractivity contribution in [2.24, 2.45) is 0 Å². The van der Waals surface area contributed by atoms with Crippen molar-refractivity contribution in [2.45, 2.75) is 44.2 Å². The van der Waals surface area contributed by atoms with E-state index in [9.17, 15) is 8.42 Å². The molecule has 0 amide bonds. The molecule has 0 spiro atoms. The standard InChI is InChI=1S/C16H23NO3S/c1-20-14-5-6-15-12(11-14)3-2-4-16(15)17-13-7-9-21(18,19)10-8-13/h5-6,11,13,16-17H,2-4,7-10H2,1H3. The molecule has 4 nitrogen and oxygen atoms in total. The lowest BCUT2D eigenvalue weighted by Gasteiger charge is -2.32. The number of hydrogen-bond acceptors (Lipinski definition) is 4. The van der Waals surface area contributed by atoms with Crippen LogP contribution in [-0.4, -0.2) is 33.1 Å². The summed E-state index contributed by atoms with van der Waals surface area (Å²) in [5.74, 6) is 1.57. The van der Waals surface area contributed by atoms with Crippen LogP contribution in [0.3, 0.4) is 0 Å². The zero-order valence-electron chi connectivity index (χ0n) is 12.5. The summed E-state index contributed by atoms with van der Waals surface area (Å²) in [6.07, 6.45) is 4.88. The first-order chi connectivity index (χ1) is 10.1. The highest BCUT2D eigenvalue weighted by atomic mass is 32.2. The van der Waals surface area contributed by atoms with Crippen LogP contribution in [0.1, 0.15) is 42.9 Å². The predicted molar refractivity (Wildman–Crippen MR) is 83.5 cm³/mol. The van der Waals surface area contributed by atoms with Crippen LogP contribution in [0.5, 0.6) is 5.75 Å². The first-order valence-corrected chi connectivity index (χ1v) is 9.53. The first kappa shape index (κ1) is 14.9. The van der Waals surface area contributed by atoms with Gasteiger partial charge >= 0.3 is 0 Å². The minimum absolute atomic E-state index is 0.326. The van der Waals surface area contributed by atoms with E-state index in [1.807, 2.05) is 6.07 Å². The summed E-state index contributed by atoms with van der Waals surface area (Å²) in [4.78, 5) is 0. The Morgan fingerprint density at radius 2 is 1.95 bits per heavy atom. The number of ether oxygens (including phenoxy) is 1. The van der Waals surface area contributed by atoms with Gasteiger partial charge in [-0.1, -0.05) is 6.07 Å². The van der Waals surface area contributed by atoms with Crippen LogP contribution >= 0.6 is 0 Å². The van der Waals surface area contributed by atoms with E-state index in [2.05, 4.69) is 17.4 Å². The second-order valence-corrected chi connectivity index (χ2v) is 8.41. The number of aryl methyl sites for hydroxylation is 1. The van der Waals surface area contributed by atoms with Crippen molar-refractivity contribution in [1.82, 2.24) is 5.32 Å². The number of methoxy groups -OCH3 is 1. The summed E-state index contributed by atoms with van der Waals surface area (Å²) < 4.78 is 28.3. The Morgan fingerprint density at radius 3 is 2.67 bits per heavy atom. The van der Waals surface area contributed by atoms with Gasteiger partial charge in [-0.15, -0.1) is 0 Å². The molecule has 2 aliphatic rings. The summed E-state index contributed by atoms with van der Waals surface area (Å²) in [5.41, 5.74) is 2.72. The van der Waals surface area contributed by atoms with Crippen molar-refractivity contribution < 1.29 is 13.2 Å². The zero-order valence-corrected chi connectivity index (χ0v) is 13.3. The normalized spacial score (nSPS) is 25.3. The molecule has 0 bridgehead atoms. The van der Waals surface area contributed by atoms with Gasteiger partial charge in [0.15, 0.2) is 0 Å². The Kier molecular flexibility index (Phi) is 4.22. The third kappa shape index (κ3) is 3.40. The molecule has 1 aliphatic carbocycles. The molecule has 116 valence electrons. The van der Waals surface area contributed by atoms with Crippen LogP contribution in [0.25, 0.3) is 0 Å². The van der Waals surface area contributed by atoms with Crippen LogP contribution in [0.2, 0.25) is 0 Å². The average Bonchev–Trinajstić information content (AvgIpc) is 2.49. The molecule has 3 rings (SSSR count). The fourth-order valence-electron chi connectivity index (χ4n) is 3.43. The van der Waals surface area contributed by atoms with Gasteiger partial charge in [0, 0.05) is 12.1 Å². The third-order valence-corrected chi connectivity index (χ3v) is 6.37. The van der Waals surface area contributed by atoms with Crippen molar-refractivity contribution in [1.29, 1.82) is 0 Å². The molecule has 1 aromatic rings. The molecule has 21 heavy (non-hydrogen) atoms. The second kappa shape index (κ2) is 5.97. The topological polar surface area (TPSA) is 55.4 Å². The Bertz CT molecular complexity index is 598. The van der Waals surface area contributed by atoms with Crippen molar-refractivity contribution >= 4 is 9.84 Å². The van der Waals surface area contributed by atoms with Gasteiger partial charge in [0.05, 0.1) is 18.6 Å². The smallest absolute Gasteiger partial charge is 0.150 e. The van der Waals surface area contributed by atoms with Crippen molar-refractivity contribution in [3.8, 4) is 5.75 Å². The number of benzene rings is 1. The van der Waals surface area contributed by atoms with Crippen LogP contribution in [0, 0.1) is 0 Å². The van der Waals surface area contributed by atoms with E-state index in [-0.39, 0.29) is 0 Å². The van der Waals surface area contributed by atoms with Gasteiger partial charge in [-0.05, 0) is 55.4 Å². The second-order valence-electron chi connectivity index (χ2n) is 6.10. The Morgan fingerprint density at radius 1 is 1.19 bits per heavy atom. The monoisotopic (exact) mass is 309 g/mol. The van der Waals surface area contributed by atoms with Crippen LogP contribution in [0.15, 0.2) is 18.2 Å². The van der Waals surface area contributed by atoms with Gasteiger partial charge in [-0.25, -0.2) is 8.42 Å². The Hall–Kier alpha value is -1.07. The van der Waals surface area contributed by atoms with Crippen molar-refractivity contribution in [2.75, 3.05) is 18.6 Å². The highest BCUT2D eigenvalue weighted by molar-refractivity contribution is 7.91. The number of nitrogens with one attached hydrogen (secondary N) is 1. The first-order valence-electron chi connectivity index (χ1n) is 7.71. The van der Waals surface area contributed by atoms with Gasteiger partial charge < -0.3 is 10.1 Å². The van der Waals surface area contributed by atoms with Gasteiger partial charge in [-0.3, -0.25) is 0 Å². The lowest BCUT2D eigenvalue weighted by molar-refractivity contribution is 0.371. The lowest BCUT2D eigenvalue weighted by atomic mass is 9.87. The fraction of sp³-hybridized carbons (Fsp3) is 0.625. The molecule has 0 aromatic heterocycles. The molecule has 1 fully saturated rings. The average molecular weight is 309 g/mol. The van der Waals surface area contributed by atoms with Crippen LogP contribution < -0.4 is 10.1 Å². The Balaban J connectivity index is 1.71. The van der Waals surface area contributed by atoms with Gasteiger partial charge in [-0.2, -0.15) is 0 Å². The largest absolute Gasteiger partial charge is 0.497 e. The summed E-state index contributed by atoms with van der Waals surface area (Å²) in [6, 6.07) is 6.99. The maximum atomic E-state index is 11.5. The molecule has 1 saturated heterocycles. The molecule has 1 aromatic carbocycles. The molecule has 1 aliphatic heterocycles. The molecule has 1 N–H and O–H groups in total. The maximum absolute atomic E-state index is 11.5. The van der Waals surface area contributed by atoms with Gasteiger partial charge in [0.25, 0.3) is 0 Å². The quantitative estimate of drug-likeness (QED) is 0.930. The summed E-state index contributed by atoms with van der Waals surface area (Å²) in [7, 11) is -1.09. The van der Waals surface area contributed by atoms with E-state index >= 15 is 0 Å². The molecule has 5 heteroatoms. The summed E-state index contributed by atoms with van der Waals surface area (Å²) >= 11 is 0. The lowest BCUT2D eigenvalue weighted by Crippen LogP contribution is -2.40. The highest BCUT2D eigenvalue weighted by Crippen LogP contribution is 2.33. The van der Waals surface area contributed by atoms with E-state index < -0.39 is 9.84 Å². The van der Waals surface area contributed by atoms with Gasteiger partial charge in [0.2, 0.25) is 0 Å². The number of sulfone groups is 1. The molecular formula is C16H23NO3S. The maximum Gasteiger partial charge on any atom is 0.150 e. The zero-order chi connectivity index (χ0) is 14.9. The molecule has 1 heterocycles. The molecule has 0 radical (unpaired) electrons. The van der Waals surface area contributed by atoms with E-state index in [0.717, 1.165) is 31.4 Å². The van der Waals surface area contributed by atoms with Crippen LogP contribution in [0.4, 0.5) is 0 Å². The minimum atomic E-state index is -2.78. The Labute approximate surface area is 126 Å². The number of hydrogen-bond donors (Lipinski definition) is 1. The summed E-state index contributed by atoms with van der Waals surface area (Å²) in [5, 5.41) is 3.68. The van der Waals surface area contributed by atoms with Crippen molar-refractivity contribution in [3.05, 3.63) is 29.3 Å². The van der Waals surface area contributed by atoms with Gasteiger partial charge in [0.1, 0.15) is 15.6 Å². The minimum Gasteiger partial charge on any atom is -0.497 e. The molecule has 1 unspecified atom stereocenters. The molecular weight excluding hydrogens is 286 g/mol. The fourth-order valence-corrected chi connectivity index (χ4v) is 4.92. The SMILES string of the molecule is COc1ccc2c(c1)CCCC2NC1CCS(=O)(=O)CC1. The number of rotatable bonds is 3. The van der Waals surface area contributed by atoms with E-state index in [1.54, 1.807) is 7.11 Å². The number of fused-ring (bicyclic) bond motifs is 1. The van der Waals surface area contributed by atoms with Crippen LogP contribution in [-0.2, 0) is 16.3 Å². The van der Waals surface area contributed by atoms with Crippen molar-refractivity contribution in [3.63, 3.8) is 0 Å². The molecule has 1 atom stereocenters. The third-order valence-electron chi connectivity index (χ3n) is 4.66. The predicted octanol–water partition coefficient (Wildman–Crippen LogP) is 2.24. The van der Waals surface area contributed by atoms with E-state index in [0.29, 0.717) is 23.6 Å². The molecule has 0 saturated carbocycles. The van der Waals surface area contributed by atoms with E-state index in [1.165, 1.54) is 17.5 Å². The summed E-state index contributed by atoms with van der Waals surface area (Å²) in [6.45, 7) is 0. The van der Waals surface area contributed by atoms with E-state index in [4.69, 9.17) is 4.74 Å².